The molecule has 0 fully saturated rings. The Balaban J connectivity index is 2.90. The van der Waals surface area contributed by atoms with Crippen molar-refractivity contribution >= 4 is 22.0 Å². The summed E-state index contributed by atoms with van der Waals surface area (Å²) >= 11 is 3.36. The van der Waals surface area contributed by atoms with Crippen LogP contribution in [0, 0.1) is 6.92 Å². The second-order valence-corrected chi connectivity index (χ2v) is 4.00. The number of halogens is 1. The van der Waals surface area contributed by atoms with Gasteiger partial charge in [-0.15, -0.1) is 0 Å². The van der Waals surface area contributed by atoms with Crippen LogP contribution in [0.2, 0.25) is 0 Å². The minimum absolute atomic E-state index is 0.305. The Kier molecular flexibility index (Phi) is 3.52. The third-order valence-corrected chi connectivity index (χ3v) is 2.46. The second-order valence-electron chi connectivity index (χ2n) is 3.08. The molecule has 0 aliphatic rings. The predicted octanol–water partition coefficient (Wildman–Crippen LogP) is 2.91. The van der Waals surface area contributed by atoms with E-state index in [9.17, 15) is 4.79 Å². The molecule has 0 aromatic heterocycles. The molecule has 0 radical (unpaired) electrons. The predicted molar refractivity (Wildman–Crippen MR) is 58.0 cm³/mol. The Hall–Kier alpha value is -1.03. The van der Waals surface area contributed by atoms with Crippen molar-refractivity contribution in [1.82, 2.24) is 0 Å². The van der Waals surface area contributed by atoms with E-state index in [4.69, 9.17) is 10.5 Å². The average molecular weight is 258 g/mol. The number of carbonyl (C=O) groups is 1. The minimum Gasteiger partial charge on any atom is -0.442 e. The van der Waals surface area contributed by atoms with Gasteiger partial charge in [0.25, 0.3) is 0 Å². The lowest BCUT2D eigenvalue weighted by molar-refractivity contribution is 0.116. The maximum Gasteiger partial charge on any atom is 0.405 e. The highest BCUT2D eigenvalue weighted by molar-refractivity contribution is 9.10. The molecular formula is C10H12BrNO2. The second kappa shape index (κ2) is 4.46. The maximum absolute atomic E-state index is 10.6. The number of benzene rings is 1. The summed E-state index contributed by atoms with van der Waals surface area (Å²) in [7, 11) is 0. The van der Waals surface area contributed by atoms with Gasteiger partial charge in [0.1, 0.15) is 6.10 Å². The average Bonchev–Trinajstić information content (AvgIpc) is 2.01. The highest BCUT2D eigenvalue weighted by atomic mass is 79.9. The number of carbonyl (C=O) groups excluding carboxylic acids is 1. The van der Waals surface area contributed by atoms with Crippen molar-refractivity contribution in [3.8, 4) is 0 Å². The van der Waals surface area contributed by atoms with Crippen LogP contribution in [0.4, 0.5) is 4.79 Å². The van der Waals surface area contributed by atoms with Gasteiger partial charge in [-0.05, 0) is 37.1 Å². The molecule has 0 saturated heterocycles. The van der Waals surface area contributed by atoms with E-state index in [-0.39, 0.29) is 6.10 Å². The molecule has 0 spiro atoms. The van der Waals surface area contributed by atoms with Crippen molar-refractivity contribution in [3.05, 3.63) is 33.8 Å². The van der Waals surface area contributed by atoms with E-state index in [1.54, 1.807) is 6.92 Å². The molecule has 0 heterocycles. The van der Waals surface area contributed by atoms with Crippen molar-refractivity contribution in [1.29, 1.82) is 0 Å². The number of aryl methyl sites for hydroxylation is 1. The molecular weight excluding hydrogens is 246 g/mol. The number of amides is 1. The molecule has 3 nitrogen and oxygen atoms in total. The Labute approximate surface area is 91.4 Å². The van der Waals surface area contributed by atoms with E-state index in [0.29, 0.717) is 0 Å². The van der Waals surface area contributed by atoms with Gasteiger partial charge in [0.05, 0.1) is 0 Å². The van der Waals surface area contributed by atoms with Crippen LogP contribution in [-0.4, -0.2) is 6.09 Å². The van der Waals surface area contributed by atoms with E-state index >= 15 is 0 Å². The summed E-state index contributed by atoms with van der Waals surface area (Å²) < 4.78 is 5.89. The van der Waals surface area contributed by atoms with Crippen molar-refractivity contribution in [2.45, 2.75) is 20.0 Å². The fourth-order valence-corrected chi connectivity index (χ4v) is 1.81. The maximum atomic E-state index is 10.6. The fraction of sp³-hybridized carbons (Fsp3) is 0.300. The summed E-state index contributed by atoms with van der Waals surface area (Å²) in [6, 6.07) is 5.78. The first kappa shape index (κ1) is 11.0. The van der Waals surface area contributed by atoms with E-state index in [2.05, 4.69) is 15.9 Å². The summed E-state index contributed by atoms with van der Waals surface area (Å²) in [6.07, 6.45) is -1.06. The molecule has 0 aliphatic carbocycles. The Morgan fingerprint density at radius 2 is 2.21 bits per heavy atom. The van der Waals surface area contributed by atoms with Crippen LogP contribution in [0.25, 0.3) is 0 Å². The van der Waals surface area contributed by atoms with Crippen molar-refractivity contribution in [2.75, 3.05) is 0 Å². The van der Waals surface area contributed by atoms with E-state index < -0.39 is 6.09 Å². The summed E-state index contributed by atoms with van der Waals surface area (Å²) in [5, 5.41) is 0. The molecule has 1 aromatic carbocycles. The van der Waals surface area contributed by atoms with Gasteiger partial charge in [0.2, 0.25) is 0 Å². The molecule has 1 rings (SSSR count). The number of primary amides is 1. The number of nitrogens with two attached hydrogens (primary N) is 1. The molecule has 1 aromatic rings. The quantitative estimate of drug-likeness (QED) is 0.886. The smallest absolute Gasteiger partial charge is 0.405 e. The van der Waals surface area contributed by atoms with Gasteiger partial charge in [-0.25, -0.2) is 4.79 Å². The summed E-state index contributed by atoms with van der Waals surface area (Å²) in [6.45, 7) is 3.75. The van der Waals surface area contributed by atoms with Gasteiger partial charge in [0.15, 0.2) is 0 Å². The zero-order chi connectivity index (χ0) is 10.7. The van der Waals surface area contributed by atoms with E-state index in [0.717, 1.165) is 15.6 Å². The number of hydrogen-bond acceptors (Lipinski definition) is 2. The largest absolute Gasteiger partial charge is 0.442 e. The van der Waals surface area contributed by atoms with Crippen LogP contribution in [-0.2, 0) is 4.74 Å². The lowest BCUT2D eigenvalue weighted by atomic mass is 10.1. The molecule has 0 bridgehead atoms. The normalized spacial score (nSPS) is 12.2. The first-order chi connectivity index (χ1) is 6.50. The third-order valence-electron chi connectivity index (χ3n) is 1.96. The molecule has 4 heteroatoms. The number of rotatable bonds is 2. The molecule has 0 saturated carbocycles. The zero-order valence-corrected chi connectivity index (χ0v) is 9.67. The number of ether oxygens (including phenoxy) is 1. The van der Waals surface area contributed by atoms with E-state index in [1.165, 1.54) is 0 Å². The first-order valence-corrected chi connectivity index (χ1v) is 5.02. The molecule has 2 N–H and O–H groups in total. The van der Waals surface area contributed by atoms with Gasteiger partial charge in [0, 0.05) is 4.47 Å². The van der Waals surface area contributed by atoms with Crippen LogP contribution in [0.5, 0.6) is 0 Å². The van der Waals surface area contributed by atoms with Crippen LogP contribution >= 0.6 is 15.9 Å². The van der Waals surface area contributed by atoms with Crippen molar-refractivity contribution in [2.24, 2.45) is 5.73 Å². The zero-order valence-electron chi connectivity index (χ0n) is 8.08. The molecule has 1 amide bonds. The fourth-order valence-electron chi connectivity index (χ4n) is 1.33. The molecule has 0 aliphatic heterocycles. The lowest BCUT2D eigenvalue weighted by Gasteiger charge is -2.14. The minimum atomic E-state index is -0.750. The number of hydrogen-bond donors (Lipinski definition) is 1. The third kappa shape index (κ3) is 2.73. The van der Waals surface area contributed by atoms with Crippen molar-refractivity contribution < 1.29 is 9.53 Å². The highest BCUT2D eigenvalue weighted by Crippen LogP contribution is 2.23. The molecule has 1 atom stereocenters. The van der Waals surface area contributed by atoms with Crippen LogP contribution < -0.4 is 5.73 Å². The van der Waals surface area contributed by atoms with Crippen LogP contribution in [0.15, 0.2) is 22.7 Å². The van der Waals surface area contributed by atoms with Gasteiger partial charge in [-0.3, -0.25) is 0 Å². The van der Waals surface area contributed by atoms with Gasteiger partial charge >= 0.3 is 6.09 Å². The van der Waals surface area contributed by atoms with Crippen LogP contribution in [0.1, 0.15) is 24.2 Å². The first-order valence-electron chi connectivity index (χ1n) is 4.23. The van der Waals surface area contributed by atoms with Crippen LogP contribution in [0.3, 0.4) is 0 Å². The lowest BCUT2D eigenvalue weighted by Crippen LogP contribution is -2.16. The standard InChI is InChI=1S/C10H12BrNO2/c1-6-5-8(11)3-4-9(6)7(2)14-10(12)13/h3-5,7H,1-2H3,(H2,12,13). The molecule has 76 valence electrons. The summed E-state index contributed by atoms with van der Waals surface area (Å²) in [5.74, 6) is 0. The SMILES string of the molecule is Cc1cc(Br)ccc1C(C)OC(N)=O. The van der Waals surface area contributed by atoms with Crippen molar-refractivity contribution in [3.63, 3.8) is 0 Å². The Morgan fingerprint density at radius 3 is 2.71 bits per heavy atom. The molecule has 14 heavy (non-hydrogen) atoms. The highest BCUT2D eigenvalue weighted by Gasteiger charge is 2.11. The molecule has 1 unspecified atom stereocenters. The van der Waals surface area contributed by atoms with Gasteiger partial charge in [-0.1, -0.05) is 22.0 Å². The summed E-state index contributed by atoms with van der Waals surface area (Å²) in [4.78, 5) is 10.6. The Morgan fingerprint density at radius 1 is 1.57 bits per heavy atom. The topological polar surface area (TPSA) is 52.3 Å². The Bertz CT molecular complexity index is 352. The van der Waals surface area contributed by atoms with Gasteiger partial charge in [-0.2, -0.15) is 0 Å². The monoisotopic (exact) mass is 257 g/mol. The van der Waals surface area contributed by atoms with E-state index in [1.807, 2.05) is 25.1 Å². The summed E-state index contributed by atoms with van der Waals surface area (Å²) in [5.41, 5.74) is 6.97. The van der Waals surface area contributed by atoms with Gasteiger partial charge < -0.3 is 10.5 Å².